The predicted molar refractivity (Wildman–Crippen MR) is 88.7 cm³/mol. The number of nitrogens with one attached hydrogen (secondary N) is 1. The molecule has 122 valence electrons. The van der Waals surface area contributed by atoms with E-state index in [1.807, 2.05) is 13.0 Å². The second kappa shape index (κ2) is 5.90. The van der Waals surface area contributed by atoms with Gasteiger partial charge in [-0.15, -0.1) is 0 Å². The minimum atomic E-state index is 0.0468. The van der Waals surface area contributed by atoms with Gasteiger partial charge in [-0.2, -0.15) is 0 Å². The predicted octanol–water partition coefficient (Wildman–Crippen LogP) is 2.74. The van der Waals surface area contributed by atoms with Crippen LogP contribution in [0, 0.1) is 23.7 Å². The second-order valence-corrected chi connectivity index (χ2v) is 7.53. The van der Waals surface area contributed by atoms with Crippen LogP contribution < -0.4 is 10.9 Å². The zero-order valence-corrected chi connectivity index (χ0v) is 14.4. The molecule has 1 aromatic heterocycles. The van der Waals surface area contributed by atoms with Gasteiger partial charge in [0.25, 0.3) is 5.56 Å². The fraction of sp³-hybridized carbons (Fsp3) is 0.667. The van der Waals surface area contributed by atoms with Gasteiger partial charge in [-0.3, -0.25) is 9.59 Å². The van der Waals surface area contributed by atoms with E-state index in [-0.39, 0.29) is 28.2 Å². The van der Waals surface area contributed by atoms with Gasteiger partial charge in [0.15, 0.2) is 0 Å². The molecule has 1 aliphatic rings. The van der Waals surface area contributed by atoms with Gasteiger partial charge in [-0.25, -0.2) is 0 Å². The van der Waals surface area contributed by atoms with Crippen molar-refractivity contribution in [2.24, 2.45) is 16.7 Å². The SMILES string of the molecule is Cc1cccc(=O)n1CCCCNC(=O)C1C(C)(C)C1(C)C. The maximum atomic E-state index is 12.2. The van der Waals surface area contributed by atoms with Crippen LogP contribution in [0.4, 0.5) is 0 Å². The third kappa shape index (κ3) is 2.96. The number of nitrogens with zero attached hydrogens (tertiary/aromatic N) is 1. The topological polar surface area (TPSA) is 51.1 Å². The smallest absolute Gasteiger partial charge is 0.250 e. The van der Waals surface area contributed by atoms with Gasteiger partial charge in [0.2, 0.25) is 5.91 Å². The number of amides is 1. The molecule has 1 fully saturated rings. The van der Waals surface area contributed by atoms with Crippen molar-refractivity contribution in [3.8, 4) is 0 Å². The van der Waals surface area contributed by atoms with Crippen LogP contribution in [0.25, 0.3) is 0 Å². The molecule has 22 heavy (non-hydrogen) atoms. The molecule has 1 aromatic rings. The highest BCUT2D eigenvalue weighted by atomic mass is 16.2. The summed E-state index contributed by atoms with van der Waals surface area (Å²) in [6, 6.07) is 5.32. The third-order valence-corrected chi connectivity index (χ3v) is 5.66. The molecule has 1 heterocycles. The van der Waals surface area contributed by atoms with Crippen LogP contribution in [-0.4, -0.2) is 17.0 Å². The first kappa shape index (κ1) is 16.8. The monoisotopic (exact) mass is 304 g/mol. The first-order valence-electron chi connectivity index (χ1n) is 8.14. The maximum Gasteiger partial charge on any atom is 0.250 e. The first-order valence-corrected chi connectivity index (χ1v) is 8.14. The van der Waals surface area contributed by atoms with Gasteiger partial charge >= 0.3 is 0 Å². The minimum Gasteiger partial charge on any atom is -0.356 e. The lowest BCUT2D eigenvalue weighted by molar-refractivity contribution is -0.123. The quantitative estimate of drug-likeness (QED) is 0.822. The summed E-state index contributed by atoms with van der Waals surface area (Å²) in [4.78, 5) is 24.0. The molecule has 1 N–H and O–H groups in total. The average Bonchev–Trinajstić information content (AvgIpc) is 2.82. The summed E-state index contributed by atoms with van der Waals surface area (Å²) in [6.07, 6.45) is 1.78. The molecule has 0 aromatic carbocycles. The van der Waals surface area contributed by atoms with Crippen LogP contribution in [0.3, 0.4) is 0 Å². The first-order chi connectivity index (χ1) is 10.2. The molecule has 0 unspecified atom stereocenters. The number of aromatic nitrogens is 1. The van der Waals surface area contributed by atoms with E-state index in [0.29, 0.717) is 13.1 Å². The number of hydrogen-bond acceptors (Lipinski definition) is 2. The van der Waals surface area contributed by atoms with Crippen molar-refractivity contribution in [3.05, 3.63) is 34.2 Å². The second-order valence-electron chi connectivity index (χ2n) is 7.53. The summed E-state index contributed by atoms with van der Waals surface area (Å²) >= 11 is 0. The lowest BCUT2D eigenvalue weighted by atomic mass is 10.0. The van der Waals surface area contributed by atoms with Crippen molar-refractivity contribution < 1.29 is 4.79 Å². The highest BCUT2D eigenvalue weighted by molar-refractivity contribution is 5.84. The molecule has 0 bridgehead atoms. The van der Waals surface area contributed by atoms with Crippen molar-refractivity contribution in [1.29, 1.82) is 0 Å². The molecule has 2 rings (SSSR count). The molecule has 1 aliphatic carbocycles. The molecule has 1 amide bonds. The Kier molecular flexibility index (Phi) is 4.50. The van der Waals surface area contributed by atoms with Crippen molar-refractivity contribution >= 4 is 5.91 Å². The zero-order valence-electron chi connectivity index (χ0n) is 14.4. The summed E-state index contributed by atoms with van der Waals surface area (Å²) in [5.74, 6) is 0.280. The van der Waals surface area contributed by atoms with E-state index in [9.17, 15) is 9.59 Å². The van der Waals surface area contributed by atoms with E-state index < -0.39 is 0 Å². The van der Waals surface area contributed by atoms with Crippen molar-refractivity contribution in [2.75, 3.05) is 6.54 Å². The molecule has 1 saturated carbocycles. The van der Waals surface area contributed by atoms with E-state index in [0.717, 1.165) is 18.5 Å². The van der Waals surface area contributed by atoms with Crippen molar-refractivity contribution in [1.82, 2.24) is 9.88 Å². The number of carbonyl (C=O) groups is 1. The van der Waals surface area contributed by atoms with Crippen LogP contribution in [0.5, 0.6) is 0 Å². The van der Waals surface area contributed by atoms with Gasteiger partial charge < -0.3 is 9.88 Å². The normalized spacial score (nSPS) is 19.0. The van der Waals surface area contributed by atoms with Crippen LogP contribution in [0.2, 0.25) is 0 Å². The Morgan fingerprint density at radius 1 is 1.18 bits per heavy atom. The number of pyridine rings is 1. The van der Waals surface area contributed by atoms with Crippen LogP contribution >= 0.6 is 0 Å². The standard InChI is InChI=1S/C18H28N2O2/c1-13-9-8-10-14(21)20(13)12-7-6-11-19-16(22)15-17(2,3)18(15,4)5/h8-10,15H,6-7,11-12H2,1-5H3,(H,19,22). The van der Waals surface area contributed by atoms with E-state index in [1.54, 1.807) is 16.7 Å². The average molecular weight is 304 g/mol. The molecular formula is C18H28N2O2. The zero-order chi connectivity index (χ0) is 16.5. The Hall–Kier alpha value is -1.58. The number of hydrogen-bond donors (Lipinski definition) is 1. The third-order valence-electron chi connectivity index (χ3n) is 5.66. The van der Waals surface area contributed by atoms with Gasteiger partial charge in [0.1, 0.15) is 0 Å². The Morgan fingerprint density at radius 2 is 1.82 bits per heavy atom. The molecule has 0 saturated heterocycles. The fourth-order valence-electron chi connectivity index (χ4n) is 3.47. The molecule has 0 aliphatic heterocycles. The highest BCUT2D eigenvalue weighted by Crippen LogP contribution is 2.68. The molecule has 0 radical (unpaired) electrons. The van der Waals surface area contributed by atoms with Crippen LogP contribution in [-0.2, 0) is 11.3 Å². The number of aryl methyl sites for hydroxylation is 1. The summed E-state index contributed by atoms with van der Waals surface area (Å²) in [5, 5.41) is 3.05. The molecule has 0 atom stereocenters. The van der Waals surface area contributed by atoms with Gasteiger partial charge in [-0.1, -0.05) is 33.8 Å². The number of unbranched alkanes of at least 4 members (excludes halogenated alkanes) is 1. The lowest BCUT2D eigenvalue weighted by Gasteiger charge is -2.10. The Labute approximate surface area is 132 Å². The maximum absolute atomic E-state index is 12.2. The molecule has 4 heteroatoms. The van der Waals surface area contributed by atoms with E-state index in [2.05, 4.69) is 33.0 Å². The van der Waals surface area contributed by atoms with Crippen LogP contribution in [0.1, 0.15) is 46.2 Å². The Bertz CT molecular complexity index is 600. The minimum absolute atomic E-state index is 0.0468. The van der Waals surface area contributed by atoms with E-state index >= 15 is 0 Å². The van der Waals surface area contributed by atoms with E-state index in [4.69, 9.17) is 0 Å². The molecular weight excluding hydrogens is 276 g/mol. The summed E-state index contributed by atoms with van der Waals surface area (Å²) < 4.78 is 1.79. The largest absolute Gasteiger partial charge is 0.356 e. The Morgan fingerprint density at radius 3 is 2.36 bits per heavy atom. The summed E-state index contributed by atoms with van der Waals surface area (Å²) in [5.41, 5.74) is 1.21. The fourth-order valence-corrected chi connectivity index (χ4v) is 3.47. The Balaban J connectivity index is 1.73. The van der Waals surface area contributed by atoms with Gasteiger partial charge in [0.05, 0.1) is 0 Å². The summed E-state index contributed by atoms with van der Waals surface area (Å²) in [6.45, 7) is 12.0. The van der Waals surface area contributed by atoms with Gasteiger partial charge in [-0.05, 0) is 36.7 Å². The molecule has 0 spiro atoms. The highest BCUT2D eigenvalue weighted by Gasteiger charge is 2.68. The number of carbonyl (C=O) groups excluding carboxylic acids is 1. The number of rotatable bonds is 6. The van der Waals surface area contributed by atoms with Gasteiger partial charge in [0, 0.05) is 30.8 Å². The lowest BCUT2D eigenvalue weighted by Crippen LogP contribution is -2.28. The van der Waals surface area contributed by atoms with Crippen molar-refractivity contribution in [2.45, 2.75) is 54.0 Å². The summed E-state index contributed by atoms with van der Waals surface area (Å²) in [7, 11) is 0. The van der Waals surface area contributed by atoms with Crippen LogP contribution in [0.15, 0.2) is 23.0 Å². The van der Waals surface area contributed by atoms with Crippen molar-refractivity contribution in [3.63, 3.8) is 0 Å². The van der Waals surface area contributed by atoms with E-state index in [1.165, 1.54) is 0 Å². The molecule has 4 nitrogen and oxygen atoms in total.